The number of rotatable bonds is 6. The van der Waals surface area contributed by atoms with Gasteiger partial charge in [-0.05, 0) is 26.8 Å². The maximum Gasteiger partial charge on any atom is 0.313 e. The zero-order chi connectivity index (χ0) is 16.9. The molecular weight excluding hydrogens is 349 g/mol. The summed E-state index contributed by atoms with van der Waals surface area (Å²) in [5.41, 5.74) is -0.0814. The molecule has 0 aliphatic heterocycles. The van der Waals surface area contributed by atoms with Gasteiger partial charge in [0.05, 0.1) is 27.2 Å². The lowest BCUT2D eigenvalue weighted by molar-refractivity contribution is -0.133. The molecule has 22 heavy (non-hydrogen) atoms. The SMILES string of the molecule is CC(C)(C)Oc1cc(NC(=O)CSCC(=O)O)c(Cl)cc1Cl. The third-order valence-electron chi connectivity index (χ3n) is 2.17. The molecule has 8 heteroatoms. The number of nitrogens with one attached hydrogen (secondary N) is 1. The first-order chi connectivity index (χ1) is 10.1. The van der Waals surface area contributed by atoms with Gasteiger partial charge in [0.25, 0.3) is 0 Å². The van der Waals surface area contributed by atoms with Crippen molar-refractivity contribution in [3.63, 3.8) is 0 Å². The predicted octanol–water partition coefficient (Wildman–Crippen LogP) is 3.93. The third-order valence-corrected chi connectivity index (χ3v) is 3.70. The molecule has 0 bridgehead atoms. The average molecular weight is 366 g/mol. The number of hydrogen-bond acceptors (Lipinski definition) is 4. The molecule has 2 N–H and O–H groups in total. The van der Waals surface area contributed by atoms with Crippen molar-refractivity contribution < 1.29 is 19.4 Å². The average Bonchev–Trinajstić information content (AvgIpc) is 2.33. The first kappa shape index (κ1) is 18.9. The number of anilines is 1. The van der Waals surface area contributed by atoms with E-state index >= 15 is 0 Å². The minimum atomic E-state index is -0.969. The Bertz CT molecular complexity index is 573. The molecular formula is C14H17Cl2NO4S. The van der Waals surface area contributed by atoms with E-state index in [1.165, 1.54) is 6.07 Å². The molecule has 1 rings (SSSR count). The van der Waals surface area contributed by atoms with Crippen molar-refractivity contribution in [2.45, 2.75) is 26.4 Å². The Kier molecular flexibility index (Phi) is 6.84. The van der Waals surface area contributed by atoms with Crippen LogP contribution in [0.5, 0.6) is 5.75 Å². The number of hydrogen-bond donors (Lipinski definition) is 2. The summed E-state index contributed by atoms with van der Waals surface area (Å²) >= 11 is 13.1. The van der Waals surface area contributed by atoms with E-state index in [2.05, 4.69) is 5.32 Å². The molecule has 0 aromatic heterocycles. The quantitative estimate of drug-likeness (QED) is 0.798. The molecule has 0 fully saturated rings. The topological polar surface area (TPSA) is 75.6 Å². The molecule has 1 amide bonds. The highest BCUT2D eigenvalue weighted by Crippen LogP contribution is 2.36. The molecule has 0 atom stereocenters. The standard InChI is InChI=1S/C14H17Cl2NO4S/c1-14(2,3)21-11-5-10(8(15)4-9(11)16)17-12(18)6-22-7-13(19)20/h4-5H,6-7H2,1-3H3,(H,17,18)(H,19,20). The van der Waals surface area contributed by atoms with E-state index in [-0.39, 0.29) is 22.4 Å². The maximum absolute atomic E-state index is 11.8. The van der Waals surface area contributed by atoms with Gasteiger partial charge in [0.1, 0.15) is 11.4 Å². The van der Waals surface area contributed by atoms with Crippen LogP contribution in [0, 0.1) is 0 Å². The molecule has 0 heterocycles. The summed E-state index contributed by atoms with van der Waals surface area (Å²) < 4.78 is 5.70. The van der Waals surface area contributed by atoms with Gasteiger partial charge >= 0.3 is 5.97 Å². The molecule has 0 saturated carbocycles. The van der Waals surface area contributed by atoms with Gasteiger partial charge in [-0.25, -0.2) is 0 Å². The Balaban J connectivity index is 2.79. The Morgan fingerprint density at radius 2 is 1.86 bits per heavy atom. The van der Waals surface area contributed by atoms with Crippen LogP contribution in [0.1, 0.15) is 20.8 Å². The highest BCUT2D eigenvalue weighted by molar-refractivity contribution is 8.00. The maximum atomic E-state index is 11.8. The lowest BCUT2D eigenvalue weighted by atomic mass is 10.2. The number of carboxylic acid groups (broad SMARTS) is 1. The molecule has 1 aromatic carbocycles. The van der Waals surface area contributed by atoms with Crippen molar-refractivity contribution in [2.24, 2.45) is 0 Å². The summed E-state index contributed by atoms with van der Waals surface area (Å²) in [6, 6.07) is 3.04. The van der Waals surface area contributed by atoms with Gasteiger partial charge < -0.3 is 15.2 Å². The number of amides is 1. The van der Waals surface area contributed by atoms with E-state index in [9.17, 15) is 9.59 Å². The van der Waals surface area contributed by atoms with Crippen LogP contribution in [-0.2, 0) is 9.59 Å². The van der Waals surface area contributed by atoms with Crippen molar-refractivity contribution in [2.75, 3.05) is 16.8 Å². The smallest absolute Gasteiger partial charge is 0.313 e. The van der Waals surface area contributed by atoms with Crippen molar-refractivity contribution >= 4 is 52.5 Å². The van der Waals surface area contributed by atoms with Crippen LogP contribution in [0.25, 0.3) is 0 Å². The second-order valence-electron chi connectivity index (χ2n) is 5.41. The van der Waals surface area contributed by atoms with Crippen LogP contribution >= 0.6 is 35.0 Å². The highest BCUT2D eigenvalue weighted by Gasteiger charge is 2.17. The van der Waals surface area contributed by atoms with Gasteiger partial charge in [-0.3, -0.25) is 9.59 Å². The van der Waals surface area contributed by atoms with Gasteiger partial charge in [-0.1, -0.05) is 23.2 Å². The molecule has 0 aliphatic rings. The van der Waals surface area contributed by atoms with E-state index in [4.69, 9.17) is 33.0 Å². The fourth-order valence-corrected chi connectivity index (χ4v) is 2.45. The fourth-order valence-electron chi connectivity index (χ4n) is 1.45. The van der Waals surface area contributed by atoms with Crippen LogP contribution in [0.2, 0.25) is 10.0 Å². The summed E-state index contributed by atoms with van der Waals surface area (Å²) in [5, 5.41) is 11.8. The molecule has 5 nitrogen and oxygen atoms in total. The zero-order valence-electron chi connectivity index (χ0n) is 12.4. The molecule has 122 valence electrons. The minimum absolute atomic E-state index is 0.0146. The van der Waals surface area contributed by atoms with E-state index in [0.717, 1.165) is 11.8 Å². The zero-order valence-corrected chi connectivity index (χ0v) is 14.7. The van der Waals surface area contributed by atoms with Crippen molar-refractivity contribution in [3.8, 4) is 5.75 Å². The van der Waals surface area contributed by atoms with E-state index in [1.807, 2.05) is 20.8 Å². The number of thioether (sulfide) groups is 1. The second-order valence-corrected chi connectivity index (χ2v) is 7.21. The Morgan fingerprint density at radius 3 is 2.41 bits per heavy atom. The van der Waals surface area contributed by atoms with Crippen LogP contribution in [0.15, 0.2) is 12.1 Å². The Labute approximate surface area is 143 Å². The van der Waals surface area contributed by atoms with Crippen LogP contribution in [0.3, 0.4) is 0 Å². The second kappa shape index (κ2) is 7.94. The number of carbonyl (C=O) groups excluding carboxylic acids is 1. The van der Waals surface area contributed by atoms with Crippen LogP contribution in [0.4, 0.5) is 5.69 Å². The van der Waals surface area contributed by atoms with Crippen LogP contribution < -0.4 is 10.1 Å². The lowest BCUT2D eigenvalue weighted by Crippen LogP contribution is -2.23. The van der Waals surface area contributed by atoms with Gasteiger partial charge in [0, 0.05) is 6.07 Å². The predicted molar refractivity (Wildman–Crippen MR) is 90.4 cm³/mol. The number of carboxylic acids is 1. The number of aliphatic carboxylic acids is 1. The highest BCUT2D eigenvalue weighted by atomic mass is 35.5. The van der Waals surface area contributed by atoms with E-state index in [0.29, 0.717) is 16.5 Å². The molecule has 0 aliphatic carbocycles. The lowest BCUT2D eigenvalue weighted by Gasteiger charge is -2.23. The van der Waals surface area contributed by atoms with Gasteiger partial charge in [-0.15, -0.1) is 11.8 Å². The number of carbonyl (C=O) groups is 2. The fraction of sp³-hybridized carbons (Fsp3) is 0.429. The van der Waals surface area contributed by atoms with Gasteiger partial charge in [0.15, 0.2) is 0 Å². The monoisotopic (exact) mass is 365 g/mol. The third kappa shape index (κ3) is 6.77. The van der Waals surface area contributed by atoms with Gasteiger partial charge in [0.2, 0.25) is 5.91 Å². The first-order valence-corrected chi connectivity index (χ1v) is 8.27. The summed E-state index contributed by atoms with van der Waals surface area (Å²) in [5.74, 6) is -1.03. The van der Waals surface area contributed by atoms with E-state index < -0.39 is 11.6 Å². The van der Waals surface area contributed by atoms with Crippen molar-refractivity contribution in [3.05, 3.63) is 22.2 Å². The molecule has 1 aromatic rings. The molecule has 0 spiro atoms. The first-order valence-electron chi connectivity index (χ1n) is 6.36. The summed E-state index contributed by atoms with van der Waals surface area (Å²) in [7, 11) is 0. The van der Waals surface area contributed by atoms with E-state index in [1.54, 1.807) is 6.07 Å². The molecule has 0 radical (unpaired) electrons. The largest absolute Gasteiger partial charge is 0.487 e. The Morgan fingerprint density at radius 1 is 1.23 bits per heavy atom. The summed E-state index contributed by atoms with van der Waals surface area (Å²) in [6.07, 6.45) is 0. The molecule has 0 unspecified atom stereocenters. The van der Waals surface area contributed by atoms with Crippen molar-refractivity contribution in [1.82, 2.24) is 0 Å². The van der Waals surface area contributed by atoms with Gasteiger partial charge in [-0.2, -0.15) is 0 Å². The number of benzene rings is 1. The summed E-state index contributed by atoms with van der Waals surface area (Å²) in [6.45, 7) is 5.62. The van der Waals surface area contributed by atoms with Crippen LogP contribution in [-0.4, -0.2) is 34.1 Å². The Hall–Kier alpha value is -1.11. The molecule has 0 saturated heterocycles. The number of halogens is 2. The summed E-state index contributed by atoms with van der Waals surface area (Å²) in [4.78, 5) is 22.2. The normalized spacial score (nSPS) is 11.1. The minimum Gasteiger partial charge on any atom is -0.487 e. The number of ether oxygens (including phenoxy) is 1. The van der Waals surface area contributed by atoms with Crippen molar-refractivity contribution in [1.29, 1.82) is 0 Å².